The summed E-state index contributed by atoms with van der Waals surface area (Å²) in [5, 5.41) is 3.48. The van der Waals surface area contributed by atoms with E-state index in [9.17, 15) is 0 Å². The van der Waals surface area contributed by atoms with Crippen molar-refractivity contribution in [1.29, 1.82) is 0 Å². The van der Waals surface area contributed by atoms with E-state index < -0.39 is 0 Å². The minimum Gasteiger partial charge on any atom is -0.316 e. The third-order valence-corrected chi connectivity index (χ3v) is 2.54. The Bertz CT molecular complexity index is 124. The lowest BCUT2D eigenvalue weighted by Crippen LogP contribution is -2.22. The van der Waals surface area contributed by atoms with E-state index in [4.69, 9.17) is 0 Å². The molecule has 1 atom stereocenters. The van der Waals surface area contributed by atoms with Gasteiger partial charge in [0, 0.05) is 0 Å². The van der Waals surface area contributed by atoms with Crippen molar-refractivity contribution < 1.29 is 0 Å². The predicted molar refractivity (Wildman–Crippen MR) is 65.6 cm³/mol. The zero-order valence-electron chi connectivity index (χ0n) is 10.8. The maximum atomic E-state index is 3.48. The molecule has 0 rings (SSSR count). The van der Waals surface area contributed by atoms with Crippen LogP contribution in [0.15, 0.2) is 0 Å². The molecular weight excluding hydrogens is 170 g/mol. The van der Waals surface area contributed by atoms with Crippen molar-refractivity contribution in [2.75, 3.05) is 13.1 Å². The van der Waals surface area contributed by atoms with Gasteiger partial charge in [0.25, 0.3) is 0 Å². The molecule has 0 saturated heterocycles. The summed E-state index contributed by atoms with van der Waals surface area (Å²) in [7, 11) is 0. The fraction of sp³-hybridized carbons (Fsp3) is 1.00. The molecule has 0 amide bonds. The number of hydrogen-bond acceptors (Lipinski definition) is 1. The topological polar surface area (TPSA) is 12.0 Å². The summed E-state index contributed by atoms with van der Waals surface area (Å²) in [6.45, 7) is 13.9. The van der Waals surface area contributed by atoms with Gasteiger partial charge >= 0.3 is 0 Å². The summed E-state index contributed by atoms with van der Waals surface area (Å²) in [5.41, 5.74) is 0.510. The molecule has 0 aliphatic rings. The van der Waals surface area contributed by atoms with Crippen LogP contribution >= 0.6 is 0 Å². The number of nitrogens with one attached hydrogen (secondary N) is 1. The molecule has 86 valence electrons. The molecule has 0 heterocycles. The smallest absolute Gasteiger partial charge is 0.00232 e. The van der Waals surface area contributed by atoms with Gasteiger partial charge in [-0.15, -0.1) is 0 Å². The van der Waals surface area contributed by atoms with E-state index in [2.05, 4.69) is 39.9 Å². The number of rotatable bonds is 7. The highest BCUT2D eigenvalue weighted by Crippen LogP contribution is 2.22. The van der Waals surface area contributed by atoms with Crippen molar-refractivity contribution in [2.24, 2.45) is 11.3 Å². The van der Waals surface area contributed by atoms with E-state index >= 15 is 0 Å². The second kappa shape index (κ2) is 7.28. The van der Waals surface area contributed by atoms with Gasteiger partial charge in [0.05, 0.1) is 0 Å². The van der Waals surface area contributed by atoms with Gasteiger partial charge in [-0.05, 0) is 43.7 Å². The summed E-state index contributed by atoms with van der Waals surface area (Å²) in [4.78, 5) is 0. The first-order valence-corrected chi connectivity index (χ1v) is 6.16. The van der Waals surface area contributed by atoms with Gasteiger partial charge in [0.15, 0.2) is 0 Å². The van der Waals surface area contributed by atoms with Gasteiger partial charge in [-0.25, -0.2) is 0 Å². The van der Waals surface area contributed by atoms with Gasteiger partial charge < -0.3 is 5.32 Å². The van der Waals surface area contributed by atoms with Gasteiger partial charge in [0.1, 0.15) is 0 Å². The minimum atomic E-state index is 0.510. The van der Waals surface area contributed by atoms with Crippen LogP contribution in [-0.4, -0.2) is 13.1 Å². The molecule has 0 radical (unpaired) electrons. The molecule has 14 heavy (non-hydrogen) atoms. The van der Waals surface area contributed by atoms with Crippen molar-refractivity contribution in [1.82, 2.24) is 5.32 Å². The first-order valence-electron chi connectivity index (χ1n) is 6.16. The zero-order chi connectivity index (χ0) is 11.0. The molecule has 0 saturated carbocycles. The maximum absolute atomic E-state index is 3.48. The Balaban J connectivity index is 3.31. The molecule has 1 unspecified atom stereocenters. The van der Waals surface area contributed by atoms with Crippen LogP contribution in [0.25, 0.3) is 0 Å². The van der Waals surface area contributed by atoms with Crippen molar-refractivity contribution >= 4 is 0 Å². The highest BCUT2D eigenvalue weighted by Gasteiger charge is 2.10. The molecule has 0 aromatic carbocycles. The molecule has 0 bridgehead atoms. The Labute approximate surface area is 90.7 Å². The summed E-state index contributed by atoms with van der Waals surface area (Å²) in [6.07, 6.45) is 5.34. The molecule has 0 fully saturated rings. The second-order valence-corrected chi connectivity index (χ2v) is 5.76. The van der Waals surface area contributed by atoms with Crippen LogP contribution in [0, 0.1) is 11.3 Å². The number of hydrogen-bond donors (Lipinski definition) is 1. The Kier molecular flexibility index (Phi) is 7.26. The Morgan fingerprint density at radius 1 is 1.21 bits per heavy atom. The Morgan fingerprint density at radius 3 is 2.36 bits per heavy atom. The van der Waals surface area contributed by atoms with Gasteiger partial charge in [-0.2, -0.15) is 0 Å². The lowest BCUT2D eigenvalue weighted by molar-refractivity contribution is 0.339. The zero-order valence-corrected chi connectivity index (χ0v) is 10.8. The second-order valence-electron chi connectivity index (χ2n) is 5.76. The SMILES string of the molecule is CCCNCC(C)CCCC(C)(C)C. The molecule has 1 heteroatoms. The maximum Gasteiger partial charge on any atom is -0.00232 e. The molecule has 1 N–H and O–H groups in total. The summed E-state index contributed by atoms with van der Waals surface area (Å²) >= 11 is 0. The highest BCUT2D eigenvalue weighted by molar-refractivity contribution is 4.64. The van der Waals surface area contributed by atoms with E-state index in [1.807, 2.05) is 0 Å². The standard InChI is InChI=1S/C13H29N/c1-6-10-14-11-12(2)8-7-9-13(3,4)5/h12,14H,6-11H2,1-5H3. The van der Waals surface area contributed by atoms with Crippen LogP contribution < -0.4 is 5.32 Å². The Hall–Kier alpha value is -0.0400. The van der Waals surface area contributed by atoms with Crippen LogP contribution in [0.1, 0.15) is 60.3 Å². The normalized spacial score (nSPS) is 14.4. The van der Waals surface area contributed by atoms with Crippen LogP contribution in [0.3, 0.4) is 0 Å². The van der Waals surface area contributed by atoms with Crippen molar-refractivity contribution in [3.8, 4) is 0 Å². The quantitative estimate of drug-likeness (QED) is 0.614. The minimum absolute atomic E-state index is 0.510. The predicted octanol–water partition coefficient (Wildman–Crippen LogP) is 3.84. The Morgan fingerprint density at radius 2 is 1.86 bits per heavy atom. The summed E-state index contributed by atoms with van der Waals surface area (Å²) in [5.74, 6) is 0.837. The van der Waals surface area contributed by atoms with Crippen LogP contribution in [0.5, 0.6) is 0 Å². The van der Waals surface area contributed by atoms with Gasteiger partial charge in [0.2, 0.25) is 0 Å². The summed E-state index contributed by atoms with van der Waals surface area (Å²) < 4.78 is 0. The molecule has 0 aliphatic heterocycles. The van der Waals surface area contributed by atoms with Crippen LogP contribution in [0.2, 0.25) is 0 Å². The fourth-order valence-corrected chi connectivity index (χ4v) is 1.61. The molecule has 0 aromatic heterocycles. The molecule has 0 spiro atoms. The van der Waals surface area contributed by atoms with E-state index in [-0.39, 0.29) is 0 Å². The van der Waals surface area contributed by atoms with Gasteiger partial charge in [-0.3, -0.25) is 0 Å². The highest BCUT2D eigenvalue weighted by atomic mass is 14.8. The monoisotopic (exact) mass is 199 g/mol. The van der Waals surface area contributed by atoms with E-state index in [0.717, 1.165) is 5.92 Å². The average Bonchev–Trinajstić information content (AvgIpc) is 2.02. The average molecular weight is 199 g/mol. The van der Waals surface area contributed by atoms with Crippen molar-refractivity contribution in [3.05, 3.63) is 0 Å². The first kappa shape index (κ1) is 14.0. The lowest BCUT2D eigenvalue weighted by atomic mass is 9.88. The van der Waals surface area contributed by atoms with Crippen molar-refractivity contribution in [3.63, 3.8) is 0 Å². The van der Waals surface area contributed by atoms with E-state index in [0.29, 0.717) is 5.41 Å². The van der Waals surface area contributed by atoms with Gasteiger partial charge in [-0.1, -0.05) is 41.0 Å². The molecule has 0 aliphatic carbocycles. The molecular formula is C13H29N. The van der Waals surface area contributed by atoms with E-state index in [1.165, 1.54) is 38.8 Å². The fourth-order valence-electron chi connectivity index (χ4n) is 1.61. The van der Waals surface area contributed by atoms with Crippen LogP contribution in [-0.2, 0) is 0 Å². The van der Waals surface area contributed by atoms with E-state index in [1.54, 1.807) is 0 Å². The summed E-state index contributed by atoms with van der Waals surface area (Å²) in [6, 6.07) is 0. The largest absolute Gasteiger partial charge is 0.316 e. The lowest BCUT2D eigenvalue weighted by Gasteiger charge is -2.19. The van der Waals surface area contributed by atoms with Crippen LogP contribution in [0.4, 0.5) is 0 Å². The third-order valence-electron chi connectivity index (χ3n) is 2.54. The molecule has 1 nitrogen and oxygen atoms in total. The van der Waals surface area contributed by atoms with Crippen molar-refractivity contribution in [2.45, 2.75) is 60.3 Å². The molecule has 0 aromatic rings. The first-order chi connectivity index (χ1) is 6.45. The third kappa shape index (κ3) is 10.0.